The minimum atomic E-state index is -0.982. The Morgan fingerprint density at radius 3 is 2.27 bits per heavy atom. The fourth-order valence-corrected chi connectivity index (χ4v) is 5.37. The van der Waals surface area contributed by atoms with Crippen molar-refractivity contribution in [3.05, 3.63) is 70.9 Å². The molecule has 45 heavy (non-hydrogen) atoms. The van der Waals surface area contributed by atoms with Crippen LogP contribution >= 0.6 is 11.6 Å². The molecule has 0 radical (unpaired) electrons. The monoisotopic (exact) mass is 638 g/mol. The second-order valence-electron chi connectivity index (χ2n) is 12.2. The molecule has 4 amide bonds. The van der Waals surface area contributed by atoms with Crippen LogP contribution in [0.4, 0.5) is 4.79 Å². The van der Waals surface area contributed by atoms with Crippen LogP contribution in [0.3, 0.4) is 0 Å². The van der Waals surface area contributed by atoms with Crippen molar-refractivity contribution in [1.29, 1.82) is 0 Å². The number of unbranched alkanes of at least 4 members (excludes halogenated alkanes) is 1. The number of H-pyrrole nitrogens is 1. The molecule has 2 aromatic carbocycles. The second kappa shape index (κ2) is 15.3. The number of para-hydroxylation sites is 1. The molecule has 1 aliphatic rings. The van der Waals surface area contributed by atoms with Gasteiger partial charge in [0.25, 0.3) is 5.91 Å². The average Bonchev–Trinajstić information content (AvgIpc) is 3.42. The summed E-state index contributed by atoms with van der Waals surface area (Å²) in [6, 6.07) is 12.1. The first-order valence-corrected chi connectivity index (χ1v) is 15.7. The smallest absolute Gasteiger partial charge is 0.329 e. The Kier molecular flexibility index (Phi) is 11.5. The van der Waals surface area contributed by atoms with Gasteiger partial charge in [0.05, 0.1) is 0 Å². The fraction of sp³-hybridized carbons (Fsp3) is 0.455. The first-order valence-electron chi connectivity index (χ1n) is 15.3. The summed E-state index contributed by atoms with van der Waals surface area (Å²) in [6.45, 7) is 7.06. The Labute approximate surface area is 268 Å². The van der Waals surface area contributed by atoms with Crippen LogP contribution in [0.15, 0.2) is 54.7 Å². The lowest BCUT2D eigenvalue weighted by Crippen LogP contribution is -2.58. The van der Waals surface area contributed by atoms with Crippen LogP contribution in [-0.2, 0) is 20.7 Å². The van der Waals surface area contributed by atoms with Crippen LogP contribution < -0.4 is 16.4 Å². The van der Waals surface area contributed by atoms with E-state index in [1.54, 1.807) is 54.8 Å². The van der Waals surface area contributed by atoms with E-state index in [-0.39, 0.29) is 12.3 Å². The van der Waals surface area contributed by atoms with Gasteiger partial charge in [-0.25, -0.2) is 9.59 Å². The number of benzene rings is 2. The zero-order valence-electron chi connectivity index (χ0n) is 26.1. The first kappa shape index (κ1) is 33.8. The highest BCUT2D eigenvalue weighted by atomic mass is 35.5. The highest BCUT2D eigenvalue weighted by molar-refractivity contribution is 6.30. The number of urea groups is 1. The number of amides is 4. The highest BCUT2D eigenvalue weighted by Crippen LogP contribution is 2.20. The van der Waals surface area contributed by atoms with Gasteiger partial charge in [-0.05, 0) is 82.5 Å². The van der Waals surface area contributed by atoms with Gasteiger partial charge in [0.2, 0.25) is 5.91 Å². The van der Waals surface area contributed by atoms with Gasteiger partial charge < -0.3 is 35.9 Å². The lowest BCUT2D eigenvalue weighted by Gasteiger charge is -2.35. The van der Waals surface area contributed by atoms with Gasteiger partial charge in [0, 0.05) is 60.3 Å². The molecular formula is C33H43ClN6O5. The predicted octanol–water partition coefficient (Wildman–Crippen LogP) is 3.86. The molecule has 3 aromatic rings. The van der Waals surface area contributed by atoms with E-state index < -0.39 is 35.6 Å². The molecule has 1 aliphatic heterocycles. The van der Waals surface area contributed by atoms with Crippen molar-refractivity contribution in [2.24, 2.45) is 5.73 Å². The van der Waals surface area contributed by atoms with Gasteiger partial charge in [0.15, 0.2) is 0 Å². The Morgan fingerprint density at radius 2 is 1.60 bits per heavy atom. The number of piperazine rings is 1. The summed E-state index contributed by atoms with van der Waals surface area (Å²) >= 11 is 5.96. The number of carbonyl (C=O) groups is 4. The average molecular weight is 639 g/mol. The van der Waals surface area contributed by atoms with Crippen molar-refractivity contribution in [3.63, 3.8) is 0 Å². The maximum atomic E-state index is 13.8. The molecule has 0 bridgehead atoms. The number of esters is 1. The third-order valence-corrected chi connectivity index (χ3v) is 7.87. The molecule has 1 aromatic heterocycles. The van der Waals surface area contributed by atoms with E-state index in [0.29, 0.717) is 62.6 Å². The number of nitrogens with one attached hydrogen (secondary N) is 3. The van der Waals surface area contributed by atoms with E-state index in [1.165, 1.54) is 0 Å². The molecule has 0 aliphatic carbocycles. The SMILES string of the molecule is CC(C)(C)OC(=O)C(CCCCN)NC(=O)C(Cc1c[nH]c2ccccc12)NC(=O)N1CCN(C(=O)c2ccc(Cl)cc2)CC1. The maximum absolute atomic E-state index is 13.8. The van der Waals surface area contributed by atoms with Crippen LogP contribution in [-0.4, -0.2) is 89.0 Å². The summed E-state index contributed by atoms with van der Waals surface area (Å²) in [5.41, 5.74) is 7.22. The number of aromatic amines is 1. The van der Waals surface area contributed by atoms with Gasteiger partial charge in [-0.2, -0.15) is 0 Å². The van der Waals surface area contributed by atoms with Crippen molar-refractivity contribution in [1.82, 2.24) is 25.4 Å². The number of rotatable bonds is 11. The van der Waals surface area contributed by atoms with E-state index in [1.807, 2.05) is 30.5 Å². The molecule has 0 saturated carbocycles. The van der Waals surface area contributed by atoms with Crippen LogP contribution in [0.5, 0.6) is 0 Å². The molecule has 11 nitrogen and oxygen atoms in total. The summed E-state index contributed by atoms with van der Waals surface area (Å²) in [5.74, 6) is -1.16. The summed E-state index contributed by atoms with van der Waals surface area (Å²) in [6.07, 6.45) is 3.69. The van der Waals surface area contributed by atoms with Crippen LogP contribution in [0.2, 0.25) is 5.02 Å². The molecule has 2 atom stereocenters. The zero-order valence-corrected chi connectivity index (χ0v) is 26.9. The van der Waals surface area contributed by atoms with E-state index in [0.717, 1.165) is 16.5 Å². The fourth-order valence-electron chi connectivity index (χ4n) is 5.24. The number of carbonyl (C=O) groups excluding carboxylic acids is 4. The maximum Gasteiger partial charge on any atom is 0.329 e. The number of nitrogens with two attached hydrogens (primary N) is 1. The number of aromatic nitrogens is 1. The van der Waals surface area contributed by atoms with Crippen LogP contribution in [0, 0.1) is 0 Å². The number of fused-ring (bicyclic) bond motifs is 1. The van der Waals surface area contributed by atoms with Crippen molar-refractivity contribution >= 4 is 46.3 Å². The lowest BCUT2D eigenvalue weighted by atomic mass is 10.0. The molecule has 4 rings (SSSR count). The van der Waals surface area contributed by atoms with E-state index in [2.05, 4.69) is 15.6 Å². The number of ether oxygens (including phenoxy) is 1. The highest BCUT2D eigenvalue weighted by Gasteiger charge is 2.32. The first-order chi connectivity index (χ1) is 21.4. The van der Waals surface area contributed by atoms with Crippen LogP contribution in [0.25, 0.3) is 10.9 Å². The quantitative estimate of drug-likeness (QED) is 0.185. The second-order valence-corrected chi connectivity index (χ2v) is 12.7. The number of hydrogen-bond donors (Lipinski definition) is 4. The molecule has 5 N–H and O–H groups in total. The van der Waals surface area contributed by atoms with E-state index in [4.69, 9.17) is 22.1 Å². The minimum Gasteiger partial charge on any atom is -0.458 e. The Balaban J connectivity index is 1.47. The summed E-state index contributed by atoms with van der Waals surface area (Å²) in [5, 5.41) is 7.24. The summed E-state index contributed by atoms with van der Waals surface area (Å²) in [4.78, 5) is 59.8. The van der Waals surface area contributed by atoms with Crippen molar-refractivity contribution < 1.29 is 23.9 Å². The number of halogens is 1. The topological polar surface area (TPSA) is 150 Å². The normalized spacial score (nSPS) is 15.0. The standard InChI is InChI=1S/C33H43ClN6O5/c1-33(2,3)45-31(43)27(10-6-7-15-35)37-29(41)28(20-23-21-36-26-9-5-4-8-25(23)26)38-32(44)40-18-16-39(17-19-40)30(42)22-11-13-24(34)14-12-22/h4-5,8-9,11-14,21,27-28,36H,6-7,10,15-20,35H2,1-3H3,(H,37,41)(H,38,44). The Hall–Kier alpha value is -4.09. The van der Waals surface area contributed by atoms with Crippen molar-refractivity contribution in [2.45, 2.75) is 64.1 Å². The van der Waals surface area contributed by atoms with E-state index in [9.17, 15) is 19.2 Å². The predicted molar refractivity (Wildman–Crippen MR) is 174 cm³/mol. The van der Waals surface area contributed by atoms with Crippen LogP contribution in [0.1, 0.15) is 56.0 Å². The van der Waals surface area contributed by atoms with E-state index >= 15 is 0 Å². The molecule has 242 valence electrons. The molecule has 12 heteroatoms. The van der Waals surface area contributed by atoms with Gasteiger partial charge >= 0.3 is 12.0 Å². The molecule has 1 fully saturated rings. The van der Waals surface area contributed by atoms with Crippen molar-refractivity contribution in [3.8, 4) is 0 Å². The largest absolute Gasteiger partial charge is 0.458 e. The van der Waals surface area contributed by atoms with Gasteiger partial charge in [-0.3, -0.25) is 9.59 Å². The van der Waals surface area contributed by atoms with Gasteiger partial charge in [-0.1, -0.05) is 29.8 Å². The number of hydrogen-bond acceptors (Lipinski definition) is 6. The minimum absolute atomic E-state index is 0.133. The Bertz CT molecular complexity index is 1480. The van der Waals surface area contributed by atoms with Gasteiger partial charge in [0.1, 0.15) is 17.7 Å². The third-order valence-electron chi connectivity index (χ3n) is 7.61. The van der Waals surface area contributed by atoms with Gasteiger partial charge in [-0.15, -0.1) is 0 Å². The molecule has 2 unspecified atom stereocenters. The summed E-state index contributed by atoms with van der Waals surface area (Å²) in [7, 11) is 0. The number of nitrogens with zero attached hydrogens (tertiary/aromatic N) is 2. The molecule has 2 heterocycles. The van der Waals surface area contributed by atoms with Crippen molar-refractivity contribution in [2.75, 3.05) is 32.7 Å². The molecule has 0 spiro atoms. The lowest BCUT2D eigenvalue weighted by molar-refractivity contribution is -0.159. The summed E-state index contributed by atoms with van der Waals surface area (Å²) < 4.78 is 5.59. The Morgan fingerprint density at radius 1 is 0.933 bits per heavy atom. The third kappa shape index (κ3) is 9.45. The molecule has 1 saturated heterocycles. The zero-order chi connectivity index (χ0) is 32.6. The molecular weight excluding hydrogens is 596 g/mol.